The van der Waals surface area contributed by atoms with E-state index in [4.69, 9.17) is 10.00 Å². The molecule has 8 nitrogen and oxygen atoms in total. The van der Waals surface area contributed by atoms with E-state index in [1.54, 1.807) is 38.1 Å². The molecule has 0 bridgehead atoms. The van der Waals surface area contributed by atoms with Gasteiger partial charge in [0.1, 0.15) is 11.6 Å². The van der Waals surface area contributed by atoms with Crippen LogP contribution in [0.1, 0.15) is 30.0 Å². The first kappa shape index (κ1) is 15.2. The average Bonchev–Trinajstić information content (AvgIpc) is 3.02. The molecule has 0 spiro atoms. The third-order valence-electron chi connectivity index (χ3n) is 2.53. The second kappa shape index (κ2) is 6.99. The van der Waals surface area contributed by atoms with E-state index < -0.39 is 5.97 Å². The van der Waals surface area contributed by atoms with Crippen LogP contribution in [0.25, 0.3) is 5.57 Å². The van der Waals surface area contributed by atoms with Gasteiger partial charge in [-0.1, -0.05) is 6.07 Å². The molecule has 2 N–H and O–H groups in total. The van der Waals surface area contributed by atoms with Crippen LogP contribution in [0.3, 0.4) is 0 Å². The summed E-state index contributed by atoms with van der Waals surface area (Å²) in [5.41, 5.74) is 1.27. The van der Waals surface area contributed by atoms with E-state index in [0.717, 1.165) is 0 Å². The van der Waals surface area contributed by atoms with Crippen molar-refractivity contribution in [1.29, 1.82) is 5.26 Å². The summed E-state index contributed by atoms with van der Waals surface area (Å²) in [6, 6.07) is 8.72. The van der Waals surface area contributed by atoms with Crippen LogP contribution in [0.5, 0.6) is 0 Å². The third kappa shape index (κ3) is 3.89. The highest BCUT2D eigenvalue weighted by atomic mass is 16.5. The number of hydrogen-bond donors (Lipinski definition) is 2. The highest BCUT2D eigenvalue weighted by Gasteiger charge is 2.10. The number of anilines is 1. The van der Waals surface area contributed by atoms with Gasteiger partial charge >= 0.3 is 5.97 Å². The van der Waals surface area contributed by atoms with Crippen molar-refractivity contribution in [3.8, 4) is 6.07 Å². The number of allylic oxidation sites excluding steroid dienone is 1. The van der Waals surface area contributed by atoms with Crippen LogP contribution in [-0.2, 0) is 4.74 Å². The molecule has 22 heavy (non-hydrogen) atoms. The van der Waals surface area contributed by atoms with Crippen molar-refractivity contribution in [2.45, 2.75) is 20.0 Å². The zero-order chi connectivity index (χ0) is 15.9. The number of carbonyl (C=O) groups excluding carboxylic acids is 1. The molecule has 1 aromatic heterocycles. The fourth-order valence-corrected chi connectivity index (χ4v) is 1.60. The Balaban J connectivity index is 2.14. The maximum atomic E-state index is 11.8. The van der Waals surface area contributed by atoms with Gasteiger partial charge in [0.15, 0.2) is 0 Å². The van der Waals surface area contributed by atoms with Gasteiger partial charge in [-0.3, -0.25) is 0 Å². The average molecular weight is 298 g/mol. The predicted molar refractivity (Wildman–Crippen MR) is 78.4 cm³/mol. The molecule has 0 aliphatic carbocycles. The van der Waals surface area contributed by atoms with E-state index in [2.05, 4.69) is 25.9 Å². The number of ether oxygens (including phenoxy) is 1. The van der Waals surface area contributed by atoms with E-state index in [1.807, 2.05) is 6.07 Å². The Morgan fingerprint density at radius 1 is 1.50 bits per heavy atom. The lowest BCUT2D eigenvalue weighted by atomic mass is 10.2. The molecule has 0 amide bonds. The molecule has 0 unspecified atom stereocenters. The highest BCUT2D eigenvalue weighted by molar-refractivity contribution is 5.90. The molecule has 2 rings (SSSR count). The maximum absolute atomic E-state index is 11.8. The van der Waals surface area contributed by atoms with Gasteiger partial charge in [-0.25, -0.2) is 4.79 Å². The quantitative estimate of drug-likeness (QED) is 0.637. The van der Waals surface area contributed by atoms with Gasteiger partial charge in [-0.2, -0.15) is 10.5 Å². The first-order valence-electron chi connectivity index (χ1n) is 6.52. The standard InChI is InChI=1S/C14H14N6O2/c1-9(2)22-14(21)10-4-3-5-12(6-10)16-8-11(7-15)13-17-19-20-18-13/h3-6,8-9,16H,1-2H3,(H,17,18,19,20). The normalized spacial score (nSPS) is 11.1. The molecular formula is C14H14N6O2. The molecule has 2 aromatic rings. The second-order valence-corrected chi connectivity index (χ2v) is 4.58. The van der Waals surface area contributed by atoms with Crippen molar-refractivity contribution >= 4 is 17.2 Å². The fraction of sp³-hybridized carbons (Fsp3) is 0.214. The molecule has 0 atom stereocenters. The molecule has 8 heteroatoms. The number of rotatable bonds is 5. The number of H-pyrrole nitrogens is 1. The number of nitriles is 1. The molecule has 0 aliphatic rings. The lowest BCUT2D eigenvalue weighted by molar-refractivity contribution is 0.0378. The smallest absolute Gasteiger partial charge is 0.338 e. The minimum Gasteiger partial charge on any atom is -0.459 e. The van der Waals surface area contributed by atoms with Crippen molar-refractivity contribution in [2.75, 3.05) is 5.32 Å². The van der Waals surface area contributed by atoms with Crippen molar-refractivity contribution < 1.29 is 9.53 Å². The first-order chi connectivity index (χ1) is 10.6. The Labute approximate surface area is 126 Å². The topological polar surface area (TPSA) is 117 Å². The number of tetrazole rings is 1. The fourth-order valence-electron chi connectivity index (χ4n) is 1.60. The van der Waals surface area contributed by atoms with Crippen LogP contribution in [0, 0.1) is 11.3 Å². The largest absolute Gasteiger partial charge is 0.459 e. The number of nitrogens with zero attached hydrogens (tertiary/aromatic N) is 4. The van der Waals surface area contributed by atoms with Gasteiger partial charge in [0, 0.05) is 11.9 Å². The first-order valence-corrected chi connectivity index (χ1v) is 6.52. The van der Waals surface area contributed by atoms with Gasteiger partial charge in [-0.05, 0) is 37.3 Å². The Kier molecular flexibility index (Phi) is 4.82. The van der Waals surface area contributed by atoms with Crippen molar-refractivity contribution in [2.24, 2.45) is 0 Å². The summed E-state index contributed by atoms with van der Waals surface area (Å²) in [5, 5.41) is 25.1. The maximum Gasteiger partial charge on any atom is 0.338 e. The second-order valence-electron chi connectivity index (χ2n) is 4.58. The Morgan fingerprint density at radius 3 is 2.95 bits per heavy atom. The number of carbonyl (C=O) groups is 1. The molecule has 0 saturated heterocycles. The summed E-state index contributed by atoms with van der Waals surface area (Å²) in [5.74, 6) is -0.216. The van der Waals surface area contributed by atoms with E-state index in [-0.39, 0.29) is 17.5 Å². The minimum atomic E-state index is -0.402. The molecule has 1 heterocycles. The number of benzene rings is 1. The summed E-state index contributed by atoms with van der Waals surface area (Å²) >= 11 is 0. The van der Waals surface area contributed by atoms with Crippen LogP contribution in [-0.4, -0.2) is 32.7 Å². The summed E-state index contributed by atoms with van der Waals surface area (Å²) in [4.78, 5) is 11.8. The number of hydrogen-bond acceptors (Lipinski definition) is 7. The van der Waals surface area contributed by atoms with E-state index >= 15 is 0 Å². The summed E-state index contributed by atoms with van der Waals surface area (Å²) in [6.45, 7) is 3.57. The SMILES string of the molecule is CC(C)OC(=O)c1cccc(NC=C(C#N)c2nn[nH]n2)c1. The van der Waals surface area contributed by atoms with E-state index in [9.17, 15) is 4.79 Å². The van der Waals surface area contributed by atoms with Gasteiger partial charge in [-0.15, -0.1) is 10.2 Å². The Bertz CT molecular complexity index is 715. The number of aromatic nitrogens is 4. The van der Waals surface area contributed by atoms with Crippen molar-refractivity contribution in [3.05, 3.63) is 41.9 Å². The Hall–Kier alpha value is -3.21. The van der Waals surface area contributed by atoms with Crippen LogP contribution in [0.15, 0.2) is 30.5 Å². The third-order valence-corrected chi connectivity index (χ3v) is 2.53. The lowest BCUT2D eigenvalue weighted by Gasteiger charge is -2.09. The molecular weight excluding hydrogens is 284 g/mol. The van der Waals surface area contributed by atoms with Crippen LogP contribution in [0.4, 0.5) is 5.69 Å². The molecule has 0 fully saturated rings. The molecule has 0 aliphatic heterocycles. The van der Waals surface area contributed by atoms with Crippen LogP contribution >= 0.6 is 0 Å². The van der Waals surface area contributed by atoms with Gasteiger partial charge in [0.2, 0.25) is 5.82 Å². The summed E-state index contributed by atoms with van der Waals surface area (Å²) < 4.78 is 5.13. The number of nitrogens with one attached hydrogen (secondary N) is 2. The number of esters is 1. The zero-order valence-corrected chi connectivity index (χ0v) is 12.1. The lowest BCUT2D eigenvalue weighted by Crippen LogP contribution is -2.11. The zero-order valence-electron chi connectivity index (χ0n) is 12.1. The summed E-state index contributed by atoms with van der Waals surface area (Å²) in [6.07, 6.45) is 1.25. The number of aromatic amines is 1. The van der Waals surface area contributed by atoms with Crippen LogP contribution in [0.2, 0.25) is 0 Å². The minimum absolute atomic E-state index is 0.186. The van der Waals surface area contributed by atoms with Gasteiger partial charge in [0.25, 0.3) is 0 Å². The molecule has 0 radical (unpaired) electrons. The Morgan fingerprint density at radius 2 is 2.32 bits per heavy atom. The highest BCUT2D eigenvalue weighted by Crippen LogP contribution is 2.14. The van der Waals surface area contributed by atoms with Crippen molar-refractivity contribution in [3.63, 3.8) is 0 Å². The van der Waals surface area contributed by atoms with E-state index in [0.29, 0.717) is 11.3 Å². The predicted octanol–water partition coefficient (Wildman–Crippen LogP) is 1.74. The summed E-state index contributed by atoms with van der Waals surface area (Å²) in [7, 11) is 0. The monoisotopic (exact) mass is 298 g/mol. The van der Waals surface area contributed by atoms with Crippen LogP contribution < -0.4 is 5.32 Å². The molecule has 0 saturated carbocycles. The van der Waals surface area contributed by atoms with Crippen molar-refractivity contribution in [1.82, 2.24) is 20.6 Å². The van der Waals surface area contributed by atoms with Gasteiger partial charge < -0.3 is 10.1 Å². The van der Waals surface area contributed by atoms with E-state index in [1.165, 1.54) is 6.20 Å². The molecule has 1 aromatic carbocycles. The van der Waals surface area contributed by atoms with Gasteiger partial charge in [0.05, 0.1) is 11.7 Å². The molecule has 112 valence electrons.